The van der Waals surface area contributed by atoms with E-state index < -0.39 is 20.4 Å². The number of Topliss-reactive ketones (excluding diaryl/α,β-unsaturated/α-hetero) is 1. The molecule has 27 heavy (non-hydrogen) atoms. The molecule has 2 saturated carbocycles. The number of hydrogen-bond donors (Lipinski definition) is 0. The third kappa shape index (κ3) is 5.15. The van der Waals surface area contributed by atoms with E-state index in [-0.39, 0.29) is 21.8 Å². The molecule has 0 aromatic heterocycles. The van der Waals surface area contributed by atoms with Crippen LogP contribution in [0.15, 0.2) is 29.2 Å². The van der Waals surface area contributed by atoms with Crippen molar-refractivity contribution in [3.63, 3.8) is 0 Å². The van der Waals surface area contributed by atoms with Crippen LogP contribution in [0.1, 0.15) is 63.4 Å². The molecule has 0 spiro atoms. The molecule has 0 radical (unpaired) electrons. The Labute approximate surface area is 165 Å². The maximum atomic E-state index is 13.0. The summed E-state index contributed by atoms with van der Waals surface area (Å²) in [5.41, 5.74) is 1.02. The van der Waals surface area contributed by atoms with Crippen molar-refractivity contribution in [3.05, 3.63) is 29.8 Å². The highest BCUT2D eigenvalue weighted by Gasteiger charge is 2.43. The minimum absolute atomic E-state index is 0.123. The van der Waals surface area contributed by atoms with Crippen molar-refractivity contribution in [2.45, 2.75) is 74.9 Å². The second kappa shape index (κ2) is 8.66. The SMILES string of the molecule is Cc1ccc(S(=O)(=O)[OH+]S(C)(CC(=O)C2CCCC2)C2CCCCC2)cc1. The lowest BCUT2D eigenvalue weighted by molar-refractivity contribution is -0.120. The Kier molecular flexibility index (Phi) is 6.70. The zero-order chi connectivity index (χ0) is 19.5. The molecule has 1 aromatic carbocycles. The van der Waals surface area contributed by atoms with Gasteiger partial charge in [0.15, 0.2) is 5.78 Å². The number of hydrogen-bond acceptors (Lipinski definition) is 3. The van der Waals surface area contributed by atoms with Crippen LogP contribution in [0.25, 0.3) is 0 Å². The van der Waals surface area contributed by atoms with Crippen molar-refractivity contribution < 1.29 is 16.8 Å². The fourth-order valence-electron chi connectivity index (χ4n) is 4.41. The first-order valence-electron chi connectivity index (χ1n) is 10.1. The fourth-order valence-corrected chi connectivity index (χ4v) is 10.1. The van der Waals surface area contributed by atoms with Crippen molar-refractivity contribution in [2.24, 2.45) is 5.92 Å². The van der Waals surface area contributed by atoms with E-state index in [0.717, 1.165) is 56.9 Å². The Morgan fingerprint density at radius 2 is 1.52 bits per heavy atom. The highest BCUT2D eigenvalue weighted by molar-refractivity contribution is 8.32. The van der Waals surface area contributed by atoms with Crippen LogP contribution in [0.2, 0.25) is 0 Å². The third-order valence-electron chi connectivity index (χ3n) is 6.10. The quantitative estimate of drug-likeness (QED) is 0.455. The Morgan fingerprint density at radius 3 is 2.11 bits per heavy atom. The summed E-state index contributed by atoms with van der Waals surface area (Å²) in [7, 11) is -5.65. The van der Waals surface area contributed by atoms with Crippen LogP contribution in [0.5, 0.6) is 0 Å². The van der Waals surface area contributed by atoms with Crippen LogP contribution in [0, 0.1) is 12.8 Å². The smallest absolute Gasteiger partial charge is 0.298 e. The number of carbonyl (C=O) groups excluding carboxylic acids is 1. The van der Waals surface area contributed by atoms with E-state index in [1.165, 1.54) is 6.42 Å². The minimum Gasteiger partial charge on any atom is -0.298 e. The van der Waals surface area contributed by atoms with Gasteiger partial charge in [0.1, 0.15) is 4.90 Å². The highest BCUT2D eigenvalue weighted by Crippen LogP contribution is 2.55. The molecule has 2 fully saturated rings. The summed E-state index contributed by atoms with van der Waals surface area (Å²) >= 11 is 0. The first-order chi connectivity index (χ1) is 12.8. The lowest BCUT2D eigenvalue weighted by Crippen LogP contribution is -2.34. The van der Waals surface area contributed by atoms with Crippen molar-refractivity contribution in [2.75, 3.05) is 12.0 Å². The molecular weight excluding hydrogens is 380 g/mol. The molecule has 1 N–H and O–H groups in total. The molecule has 0 heterocycles. The lowest BCUT2D eigenvalue weighted by Gasteiger charge is -2.39. The molecule has 0 saturated heterocycles. The van der Waals surface area contributed by atoms with Gasteiger partial charge in [-0.2, -0.15) is 0 Å². The van der Waals surface area contributed by atoms with Gasteiger partial charge in [0, 0.05) is 12.2 Å². The number of aryl methyl sites for hydroxylation is 1. The summed E-state index contributed by atoms with van der Waals surface area (Å²) in [6.07, 6.45) is 11.6. The van der Waals surface area contributed by atoms with Crippen LogP contribution >= 0.6 is 10.3 Å². The van der Waals surface area contributed by atoms with E-state index in [1.807, 2.05) is 13.2 Å². The Hall–Kier alpha value is -0.850. The van der Waals surface area contributed by atoms with E-state index in [9.17, 15) is 13.2 Å². The van der Waals surface area contributed by atoms with E-state index in [1.54, 1.807) is 24.3 Å². The monoisotopic (exact) mass is 413 g/mol. The zero-order valence-corrected chi connectivity index (χ0v) is 18.2. The Bertz CT molecular complexity index is 745. The molecule has 1 atom stereocenters. The molecule has 4 nitrogen and oxygen atoms in total. The van der Waals surface area contributed by atoms with Gasteiger partial charge in [-0.05, 0) is 55.0 Å². The van der Waals surface area contributed by atoms with Crippen molar-refractivity contribution in [3.8, 4) is 0 Å². The van der Waals surface area contributed by atoms with E-state index in [4.69, 9.17) is 0 Å². The van der Waals surface area contributed by atoms with Gasteiger partial charge < -0.3 is 0 Å². The van der Waals surface area contributed by atoms with Crippen LogP contribution in [0.3, 0.4) is 0 Å². The summed E-state index contributed by atoms with van der Waals surface area (Å²) in [6, 6.07) is 6.88. The van der Waals surface area contributed by atoms with Gasteiger partial charge in [0.25, 0.3) is 0 Å². The average Bonchev–Trinajstić information content (AvgIpc) is 3.17. The van der Waals surface area contributed by atoms with Gasteiger partial charge in [-0.25, -0.2) is 0 Å². The third-order valence-corrected chi connectivity index (χ3v) is 11.9. The first kappa shape index (κ1) is 20.9. The van der Waals surface area contributed by atoms with E-state index >= 15 is 0 Å². The lowest BCUT2D eigenvalue weighted by atomic mass is 10.0. The van der Waals surface area contributed by atoms with Gasteiger partial charge in [-0.15, -0.1) is 8.42 Å². The molecule has 3 rings (SSSR count). The molecular formula is C21H33O4S2+. The summed E-state index contributed by atoms with van der Waals surface area (Å²) in [5, 5.41) is 0.247. The molecule has 1 aromatic rings. The van der Waals surface area contributed by atoms with Crippen LogP contribution in [-0.4, -0.2) is 35.1 Å². The molecule has 0 aliphatic heterocycles. The van der Waals surface area contributed by atoms with Crippen molar-refractivity contribution in [1.82, 2.24) is 0 Å². The van der Waals surface area contributed by atoms with Gasteiger partial charge >= 0.3 is 10.1 Å². The number of benzene rings is 1. The molecule has 0 amide bonds. The van der Waals surface area contributed by atoms with Crippen LogP contribution in [0.4, 0.5) is 0 Å². The second-order valence-electron chi connectivity index (χ2n) is 8.32. The summed E-state index contributed by atoms with van der Waals surface area (Å²) in [4.78, 5) is 13.2. The largest absolute Gasteiger partial charge is 0.421 e. The maximum absolute atomic E-state index is 13.0. The van der Waals surface area contributed by atoms with Crippen LogP contribution < -0.4 is 0 Å². The molecule has 1 unspecified atom stereocenters. The highest BCUT2D eigenvalue weighted by atomic mass is 32.3. The topological polar surface area (TPSA) is 64.0 Å². The molecule has 152 valence electrons. The standard InChI is InChI=1S/C21H32O4S2/c1-17-12-14-20(15-13-17)27(23,24)25-26(2,19-10-4-3-5-11-19)16-21(22)18-8-6-7-9-18/h12-15,18-19H,3-11,16H2,1-2H3/p+1. The molecule has 2 aliphatic rings. The summed E-state index contributed by atoms with van der Waals surface area (Å²) < 4.78 is 30.6. The van der Waals surface area contributed by atoms with Crippen molar-refractivity contribution >= 4 is 26.2 Å². The Morgan fingerprint density at radius 1 is 0.963 bits per heavy atom. The minimum atomic E-state index is -3.74. The Balaban J connectivity index is 1.84. The number of carbonyl (C=O) groups is 1. The van der Waals surface area contributed by atoms with Crippen LogP contribution in [-0.2, 0) is 14.9 Å². The predicted octanol–water partition coefficient (Wildman–Crippen LogP) is 5.22. The van der Waals surface area contributed by atoms with E-state index in [0.29, 0.717) is 5.75 Å². The second-order valence-corrected chi connectivity index (χ2v) is 13.5. The molecule has 2 aliphatic carbocycles. The van der Waals surface area contributed by atoms with Gasteiger partial charge in [0.05, 0.1) is 11.0 Å². The van der Waals surface area contributed by atoms with Gasteiger partial charge in [-0.1, -0.05) is 49.8 Å². The fraction of sp³-hybridized carbons (Fsp3) is 0.667. The number of rotatable bonds is 7. The predicted molar refractivity (Wildman–Crippen MR) is 113 cm³/mol. The zero-order valence-electron chi connectivity index (χ0n) is 16.5. The van der Waals surface area contributed by atoms with E-state index in [2.05, 4.69) is 3.63 Å². The normalized spacial score (nSPS) is 23.0. The van der Waals surface area contributed by atoms with Gasteiger partial charge in [-0.3, -0.25) is 8.42 Å². The molecule has 0 bridgehead atoms. The summed E-state index contributed by atoms with van der Waals surface area (Å²) in [6.45, 7) is 1.94. The number of ketones is 1. The maximum Gasteiger partial charge on any atom is 0.421 e. The van der Waals surface area contributed by atoms with Crippen molar-refractivity contribution in [1.29, 1.82) is 0 Å². The average molecular weight is 414 g/mol. The van der Waals surface area contributed by atoms with Gasteiger partial charge in [0.2, 0.25) is 0 Å². The molecule has 6 heteroatoms. The first-order valence-corrected chi connectivity index (χ1v) is 13.8. The summed E-state index contributed by atoms with van der Waals surface area (Å²) in [5.74, 6) is 0.712.